The maximum Gasteiger partial charge on any atom is 0.306 e. The average Bonchev–Trinajstić information content (AvgIpc) is 3.46. The summed E-state index contributed by atoms with van der Waals surface area (Å²) < 4.78 is 16.9. The van der Waals surface area contributed by atoms with Crippen LogP contribution >= 0.6 is 0 Å². The highest BCUT2D eigenvalue weighted by atomic mass is 16.6. The first-order valence-corrected chi connectivity index (χ1v) is 33.5. The molecule has 0 rings (SSSR count). The van der Waals surface area contributed by atoms with Crippen LogP contribution in [0.3, 0.4) is 0 Å². The first-order chi connectivity index (χ1) is 39.5. The molecule has 1 unspecified atom stereocenters. The molecule has 456 valence electrons. The Hall–Kier alpha value is -4.19. The molecule has 0 radical (unpaired) electrons. The first-order valence-electron chi connectivity index (χ1n) is 33.5. The zero-order valence-electron chi connectivity index (χ0n) is 52.3. The predicted octanol–water partition coefficient (Wildman–Crippen LogP) is 23.2. The molecule has 0 aromatic heterocycles. The number of unbranched alkanes of at least 4 members (excludes halogenated alkanes) is 29. The van der Waals surface area contributed by atoms with Crippen molar-refractivity contribution in [3.63, 3.8) is 0 Å². The van der Waals surface area contributed by atoms with E-state index in [0.717, 1.165) is 135 Å². The van der Waals surface area contributed by atoms with Gasteiger partial charge in [-0.25, -0.2) is 0 Å². The molecule has 0 saturated carbocycles. The van der Waals surface area contributed by atoms with Crippen LogP contribution in [-0.2, 0) is 28.6 Å². The second-order valence-corrected chi connectivity index (χ2v) is 22.0. The molecule has 1 atom stereocenters. The molecule has 80 heavy (non-hydrogen) atoms. The van der Waals surface area contributed by atoms with Crippen molar-refractivity contribution in [1.29, 1.82) is 0 Å². The molecule has 0 amide bonds. The van der Waals surface area contributed by atoms with Crippen LogP contribution in [0.5, 0.6) is 0 Å². The fraction of sp³-hybridized carbons (Fsp3) is 0.689. The molecule has 0 aromatic rings. The largest absolute Gasteiger partial charge is 0.462 e. The van der Waals surface area contributed by atoms with Crippen LogP contribution < -0.4 is 0 Å². The summed E-state index contributed by atoms with van der Waals surface area (Å²) in [5.74, 6) is -0.915. The molecule has 0 heterocycles. The molecule has 6 nitrogen and oxygen atoms in total. The molecule has 0 aliphatic rings. The van der Waals surface area contributed by atoms with Crippen LogP contribution in [0.1, 0.15) is 310 Å². The molecule has 0 N–H and O–H groups in total. The number of carbonyl (C=O) groups excluding carboxylic acids is 3. The van der Waals surface area contributed by atoms with Crippen LogP contribution in [-0.4, -0.2) is 37.2 Å². The summed E-state index contributed by atoms with van der Waals surface area (Å²) in [6.45, 7) is 6.50. The van der Waals surface area contributed by atoms with E-state index in [9.17, 15) is 14.4 Å². The van der Waals surface area contributed by atoms with Gasteiger partial charge in [-0.2, -0.15) is 0 Å². The molecule has 0 fully saturated rings. The van der Waals surface area contributed by atoms with Gasteiger partial charge in [-0.05, 0) is 135 Å². The number of ether oxygens (including phenoxy) is 3. The molecular weight excluding hydrogens is 985 g/mol. The van der Waals surface area contributed by atoms with Gasteiger partial charge in [0.05, 0.1) is 0 Å². The minimum absolute atomic E-state index is 0.0916. The molecular formula is C74H124O6. The summed E-state index contributed by atoms with van der Waals surface area (Å²) in [5, 5.41) is 0. The Morgan fingerprint density at radius 2 is 0.487 bits per heavy atom. The maximum atomic E-state index is 12.9. The van der Waals surface area contributed by atoms with Gasteiger partial charge in [0.15, 0.2) is 6.10 Å². The third kappa shape index (κ3) is 64.6. The van der Waals surface area contributed by atoms with E-state index in [1.165, 1.54) is 135 Å². The Labute approximate surface area is 494 Å². The molecule has 6 heteroatoms. The van der Waals surface area contributed by atoms with Crippen LogP contribution in [0.25, 0.3) is 0 Å². The number of rotatable bonds is 60. The lowest BCUT2D eigenvalue weighted by molar-refractivity contribution is -0.167. The lowest BCUT2D eigenvalue weighted by atomic mass is 10.1. The minimum atomic E-state index is -0.797. The van der Waals surface area contributed by atoms with Crippen molar-refractivity contribution in [2.75, 3.05) is 13.2 Å². The zero-order chi connectivity index (χ0) is 57.8. The Balaban J connectivity index is 4.43. The molecule has 0 saturated heterocycles. The Kier molecular flexibility index (Phi) is 63.8. The Morgan fingerprint density at radius 1 is 0.263 bits per heavy atom. The van der Waals surface area contributed by atoms with Gasteiger partial charge in [0.25, 0.3) is 0 Å². The van der Waals surface area contributed by atoms with Crippen molar-refractivity contribution in [2.45, 2.75) is 316 Å². The Bertz CT molecular complexity index is 1650. The molecule has 0 aliphatic carbocycles. The number of carbonyl (C=O) groups is 3. The topological polar surface area (TPSA) is 78.9 Å². The van der Waals surface area contributed by atoms with Gasteiger partial charge in [0.1, 0.15) is 13.2 Å². The van der Waals surface area contributed by atoms with E-state index in [0.29, 0.717) is 19.3 Å². The van der Waals surface area contributed by atoms with Gasteiger partial charge < -0.3 is 14.2 Å². The van der Waals surface area contributed by atoms with Crippen molar-refractivity contribution in [3.05, 3.63) is 122 Å². The molecule has 0 aliphatic heterocycles. The average molecular weight is 1110 g/mol. The highest BCUT2D eigenvalue weighted by molar-refractivity contribution is 5.71. The van der Waals surface area contributed by atoms with Crippen LogP contribution in [0.15, 0.2) is 122 Å². The Morgan fingerprint density at radius 3 is 0.800 bits per heavy atom. The monoisotopic (exact) mass is 1110 g/mol. The normalized spacial score (nSPS) is 12.9. The van der Waals surface area contributed by atoms with E-state index in [2.05, 4.69) is 142 Å². The zero-order valence-corrected chi connectivity index (χ0v) is 52.3. The van der Waals surface area contributed by atoms with E-state index in [-0.39, 0.29) is 31.1 Å². The van der Waals surface area contributed by atoms with Crippen molar-refractivity contribution in [2.24, 2.45) is 0 Å². The summed E-state index contributed by atoms with van der Waals surface area (Å²) in [6, 6.07) is 0. The second-order valence-electron chi connectivity index (χ2n) is 22.0. The summed E-state index contributed by atoms with van der Waals surface area (Å²) in [4.78, 5) is 38.4. The van der Waals surface area contributed by atoms with E-state index in [1.807, 2.05) is 0 Å². The van der Waals surface area contributed by atoms with Crippen LogP contribution in [0.4, 0.5) is 0 Å². The highest BCUT2D eigenvalue weighted by Gasteiger charge is 2.19. The van der Waals surface area contributed by atoms with Crippen molar-refractivity contribution >= 4 is 17.9 Å². The maximum absolute atomic E-state index is 12.9. The van der Waals surface area contributed by atoms with Crippen LogP contribution in [0, 0.1) is 0 Å². The molecule has 0 bridgehead atoms. The van der Waals surface area contributed by atoms with Gasteiger partial charge in [-0.15, -0.1) is 0 Å². The molecule has 0 spiro atoms. The summed E-state index contributed by atoms with van der Waals surface area (Å²) in [7, 11) is 0. The van der Waals surface area contributed by atoms with Crippen molar-refractivity contribution in [1.82, 2.24) is 0 Å². The fourth-order valence-electron chi connectivity index (χ4n) is 9.15. The quantitative estimate of drug-likeness (QED) is 0.0261. The lowest BCUT2D eigenvalue weighted by Gasteiger charge is -2.18. The van der Waals surface area contributed by atoms with Gasteiger partial charge in [0.2, 0.25) is 0 Å². The number of esters is 3. The standard InChI is InChI=1S/C74H124O6/c1-4-7-10-13-16-19-22-25-28-31-33-34-35-36-37-38-39-40-41-44-46-49-52-55-58-61-64-67-73(76)79-70-71(69-78-72(75)66-63-60-57-54-51-48-45-42-30-27-24-21-18-15-12-9-6-3)80-74(77)68-65-62-59-56-53-50-47-43-32-29-26-23-20-17-14-11-8-5-2/h7,10,16,18-19,21,25,27-30,32-34,36-37,39-40,44,46,71H,4-6,8-9,11-15,17,20,22-24,26,31,35,38,41-43,45,47-70H2,1-3H3/b10-7-,19-16-,21-18-,28-25-,30-27-,32-29-,34-33-,37-36-,40-39-,46-44-. The van der Waals surface area contributed by atoms with E-state index in [4.69, 9.17) is 14.2 Å². The first kappa shape index (κ1) is 75.8. The predicted molar refractivity (Wildman–Crippen MR) is 348 cm³/mol. The third-order valence-electron chi connectivity index (χ3n) is 14.2. The minimum Gasteiger partial charge on any atom is -0.462 e. The van der Waals surface area contributed by atoms with Gasteiger partial charge >= 0.3 is 17.9 Å². The van der Waals surface area contributed by atoms with Crippen LogP contribution in [0.2, 0.25) is 0 Å². The smallest absolute Gasteiger partial charge is 0.306 e. The number of hydrogen-bond donors (Lipinski definition) is 0. The SMILES string of the molecule is CC/C=C\C/C=C\C/C=C\C/C=C\C/C=C\C/C=C\C/C=C\CCCCCCCC(=O)OCC(COC(=O)CCCCCCCCC/C=C\C/C=C\CCCCC)OC(=O)CCCCCCCCC/C=C\CCCCCCCCC. The highest BCUT2D eigenvalue weighted by Crippen LogP contribution is 2.15. The van der Waals surface area contributed by atoms with Gasteiger partial charge in [0, 0.05) is 19.3 Å². The number of hydrogen-bond acceptors (Lipinski definition) is 6. The van der Waals surface area contributed by atoms with E-state index in [1.54, 1.807) is 0 Å². The molecule has 0 aromatic carbocycles. The second kappa shape index (κ2) is 67.3. The van der Waals surface area contributed by atoms with E-state index >= 15 is 0 Å². The van der Waals surface area contributed by atoms with Crippen molar-refractivity contribution < 1.29 is 28.6 Å². The van der Waals surface area contributed by atoms with Gasteiger partial charge in [-0.3, -0.25) is 14.4 Å². The fourth-order valence-corrected chi connectivity index (χ4v) is 9.15. The van der Waals surface area contributed by atoms with E-state index < -0.39 is 6.10 Å². The summed E-state index contributed by atoms with van der Waals surface area (Å²) >= 11 is 0. The third-order valence-corrected chi connectivity index (χ3v) is 14.2. The summed E-state index contributed by atoms with van der Waals surface area (Å²) in [5.41, 5.74) is 0. The number of allylic oxidation sites excluding steroid dienone is 20. The van der Waals surface area contributed by atoms with Gasteiger partial charge in [-0.1, -0.05) is 277 Å². The lowest BCUT2D eigenvalue weighted by Crippen LogP contribution is -2.30. The summed E-state index contributed by atoms with van der Waals surface area (Å²) in [6.07, 6.45) is 93.4. The van der Waals surface area contributed by atoms with Crippen molar-refractivity contribution in [3.8, 4) is 0 Å².